The maximum absolute atomic E-state index is 13.5. The molecule has 0 radical (unpaired) electrons. The van der Waals surface area contributed by atoms with Gasteiger partial charge in [0, 0.05) is 18.7 Å². The summed E-state index contributed by atoms with van der Waals surface area (Å²) < 4.78 is 23.7. The lowest BCUT2D eigenvalue weighted by atomic mass is 10.1. The van der Waals surface area contributed by atoms with Gasteiger partial charge in [0.1, 0.15) is 5.75 Å². The van der Waals surface area contributed by atoms with E-state index in [2.05, 4.69) is 5.32 Å². The molecule has 0 unspecified atom stereocenters. The highest BCUT2D eigenvalue weighted by Crippen LogP contribution is 2.19. The van der Waals surface area contributed by atoms with E-state index in [1.54, 1.807) is 13.2 Å². The van der Waals surface area contributed by atoms with Crippen LogP contribution in [0.15, 0.2) is 42.5 Å². The zero-order valence-electron chi connectivity index (χ0n) is 11.7. The van der Waals surface area contributed by atoms with E-state index < -0.39 is 0 Å². The van der Waals surface area contributed by atoms with E-state index in [1.807, 2.05) is 30.3 Å². The van der Waals surface area contributed by atoms with Crippen molar-refractivity contribution in [3.05, 3.63) is 59.4 Å². The minimum atomic E-state index is -0.343. The molecule has 0 atom stereocenters. The molecule has 1 N–H and O–H groups in total. The Bertz CT molecular complexity index is 572. The second-order valence-electron chi connectivity index (χ2n) is 4.38. The summed E-state index contributed by atoms with van der Waals surface area (Å²) in [6.07, 6.45) is 0. The van der Waals surface area contributed by atoms with E-state index >= 15 is 0 Å². The van der Waals surface area contributed by atoms with Gasteiger partial charge in [0.15, 0.2) is 11.6 Å². The second-order valence-corrected chi connectivity index (χ2v) is 4.38. The van der Waals surface area contributed by atoms with Crippen molar-refractivity contribution >= 4 is 0 Å². The molecule has 2 rings (SSSR count). The number of halogens is 1. The molecule has 3 nitrogen and oxygen atoms in total. The van der Waals surface area contributed by atoms with Crippen LogP contribution in [0.2, 0.25) is 0 Å². The summed E-state index contributed by atoms with van der Waals surface area (Å²) >= 11 is 0. The number of ether oxygens (including phenoxy) is 2. The van der Waals surface area contributed by atoms with Gasteiger partial charge in [-0.15, -0.1) is 0 Å². The molecular formula is C16H18FNO2. The van der Waals surface area contributed by atoms with Gasteiger partial charge in [-0.3, -0.25) is 0 Å². The first-order chi connectivity index (χ1) is 9.74. The quantitative estimate of drug-likeness (QED) is 0.878. The van der Waals surface area contributed by atoms with Gasteiger partial charge >= 0.3 is 0 Å². The van der Waals surface area contributed by atoms with Crippen LogP contribution in [0.4, 0.5) is 4.39 Å². The number of para-hydroxylation sites is 1. The molecule has 0 aliphatic heterocycles. The first kappa shape index (κ1) is 14.3. The monoisotopic (exact) mass is 275 g/mol. The molecule has 0 spiro atoms. The summed E-state index contributed by atoms with van der Waals surface area (Å²) in [7, 11) is 3.11. The van der Waals surface area contributed by atoms with Gasteiger partial charge in [-0.05, 0) is 23.8 Å². The SMILES string of the molecule is COc1ccc(CNCc2ccccc2OC)cc1F. The third kappa shape index (κ3) is 3.48. The first-order valence-electron chi connectivity index (χ1n) is 6.39. The average Bonchev–Trinajstić information content (AvgIpc) is 2.48. The van der Waals surface area contributed by atoms with Gasteiger partial charge in [-0.2, -0.15) is 0 Å². The Labute approximate surface area is 118 Å². The van der Waals surface area contributed by atoms with Crippen molar-refractivity contribution in [1.29, 1.82) is 0 Å². The van der Waals surface area contributed by atoms with Gasteiger partial charge in [-0.1, -0.05) is 24.3 Å². The lowest BCUT2D eigenvalue weighted by Gasteiger charge is -2.10. The number of nitrogens with one attached hydrogen (secondary N) is 1. The minimum absolute atomic E-state index is 0.262. The van der Waals surface area contributed by atoms with Gasteiger partial charge in [-0.25, -0.2) is 4.39 Å². The molecule has 4 heteroatoms. The summed E-state index contributed by atoms with van der Waals surface area (Å²) in [5.41, 5.74) is 1.95. The number of hydrogen-bond acceptors (Lipinski definition) is 3. The van der Waals surface area contributed by atoms with Crippen molar-refractivity contribution in [3.8, 4) is 11.5 Å². The van der Waals surface area contributed by atoms with Crippen molar-refractivity contribution in [2.75, 3.05) is 14.2 Å². The van der Waals surface area contributed by atoms with Crippen molar-refractivity contribution < 1.29 is 13.9 Å². The van der Waals surface area contributed by atoms with E-state index in [0.717, 1.165) is 16.9 Å². The van der Waals surface area contributed by atoms with Crippen molar-refractivity contribution in [2.24, 2.45) is 0 Å². The highest BCUT2D eigenvalue weighted by molar-refractivity contribution is 5.33. The number of rotatable bonds is 6. The normalized spacial score (nSPS) is 10.3. The Balaban J connectivity index is 1.94. The molecule has 0 aliphatic rings. The van der Waals surface area contributed by atoms with Crippen LogP contribution in [-0.2, 0) is 13.1 Å². The Kier molecular flexibility index (Phi) is 4.96. The fourth-order valence-corrected chi connectivity index (χ4v) is 2.01. The Morgan fingerprint density at radius 2 is 1.70 bits per heavy atom. The molecule has 0 saturated carbocycles. The summed E-state index contributed by atoms with van der Waals surface area (Å²) in [6.45, 7) is 1.25. The molecule has 0 saturated heterocycles. The van der Waals surface area contributed by atoms with Crippen LogP contribution < -0.4 is 14.8 Å². The van der Waals surface area contributed by atoms with Crippen molar-refractivity contribution in [3.63, 3.8) is 0 Å². The zero-order valence-corrected chi connectivity index (χ0v) is 11.7. The molecule has 20 heavy (non-hydrogen) atoms. The van der Waals surface area contributed by atoms with Gasteiger partial charge < -0.3 is 14.8 Å². The smallest absolute Gasteiger partial charge is 0.165 e. The van der Waals surface area contributed by atoms with E-state index in [0.29, 0.717) is 13.1 Å². The van der Waals surface area contributed by atoms with Crippen LogP contribution >= 0.6 is 0 Å². The van der Waals surface area contributed by atoms with Crippen LogP contribution in [-0.4, -0.2) is 14.2 Å². The van der Waals surface area contributed by atoms with E-state index in [1.165, 1.54) is 13.2 Å². The zero-order chi connectivity index (χ0) is 14.4. The lowest BCUT2D eigenvalue weighted by molar-refractivity contribution is 0.386. The number of benzene rings is 2. The van der Waals surface area contributed by atoms with E-state index in [-0.39, 0.29) is 11.6 Å². The molecule has 0 aliphatic carbocycles. The van der Waals surface area contributed by atoms with Crippen LogP contribution in [0.5, 0.6) is 11.5 Å². The highest BCUT2D eigenvalue weighted by Gasteiger charge is 2.04. The van der Waals surface area contributed by atoms with Crippen molar-refractivity contribution in [1.82, 2.24) is 5.32 Å². The molecular weight excluding hydrogens is 257 g/mol. The van der Waals surface area contributed by atoms with Crippen LogP contribution in [0, 0.1) is 5.82 Å². The molecule has 0 heterocycles. The predicted molar refractivity (Wildman–Crippen MR) is 76.5 cm³/mol. The topological polar surface area (TPSA) is 30.5 Å². The third-order valence-electron chi connectivity index (χ3n) is 3.05. The molecule has 2 aromatic carbocycles. The van der Waals surface area contributed by atoms with Gasteiger partial charge in [0.25, 0.3) is 0 Å². The fourth-order valence-electron chi connectivity index (χ4n) is 2.01. The van der Waals surface area contributed by atoms with E-state index in [9.17, 15) is 4.39 Å². The second kappa shape index (κ2) is 6.91. The Morgan fingerprint density at radius 1 is 0.950 bits per heavy atom. The van der Waals surface area contributed by atoms with Gasteiger partial charge in [0.2, 0.25) is 0 Å². The summed E-state index contributed by atoms with van der Waals surface area (Å²) in [4.78, 5) is 0. The maximum atomic E-state index is 13.5. The fraction of sp³-hybridized carbons (Fsp3) is 0.250. The molecule has 0 amide bonds. The third-order valence-corrected chi connectivity index (χ3v) is 3.05. The molecule has 106 valence electrons. The standard InChI is InChI=1S/C16H18FNO2/c1-19-15-6-4-3-5-13(15)11-18-10-12-7-8-16(20-2)14(17)9-12/h3-9,18H,10-11H2,1-2H3. The van der Waals surface area contributed by atoms with Gasteiger partial charge in [0.05, 0.1) is 14.2 Å². The predicted octanol–water partition coefficient (Wildman–Crippen LogP) is 3.13. The lowest BCUT2D eigenvalue weighted by Crippen LogP contribution is -2.13. The maximum Gasteiger partial charge on any atom is 0.165 e. The molecule has 0 bridgehead atoms. The largest absolute Gasteiger partial charge is 0.496 e. The van der Waals surface area contributed by atoms with Crippen LogP contribution in [0.25, 0.3) is 0 Å². The summed E-state index contributed by atoms with van der Waals surface area (Å²) in [5, 5.41) is 3.27. The van der Waals surface area contributed by atoms with Crippen LogP contribution in [0.3, 0.4) is 0 Å². The van der Waals surface area contributed by atoms with E-state index in [4.69, 9.17) is 9.47 Å². The molecule has 0 fully saturated rings. The first-order valence-corrected chi connectivity index (χ1v) is 6.39. The minimum Gasteiger partial charge on any atom is -0.496 e. The number of hydrogen-bond donors (Lipinski definition) is 1. The number of methoxy groups -OCH3 is 2. The Hall–Kier alpha value is -2.07. The van der Waals surface area contributed by atoms with Crippen LogP contribution in [0.1, 0.15) is 11.1 Å². The summed E-state index contributed by atoms with van der Waals surface area (Å²) in [5.74, 6) is 0.767. The van der Waals surface area contributed by atoms with Crippen molar-refractivity contribution in [2.45, 2.75) is 13.1 Å². The summed E-state index contributed by atoms with van der Waals surface area (Å²) in [6, 6.07) is 12.8. The highest BCUT2D eigenvalue weighted by atomic mass is 19.1. The molecule has 2 aromatic rings. The Morgan fingerprint density at radius 3 is 2.40 bits per heavy atom. The molecule has 0 aromatic heterocycles. The average molecular weight is 275 g/mol.